The maximum absolute atomic E-state index is 13.7. The lowest BCUT2D eigenvalue weighted by atomic mass is 9.73. The van der Waals surface area contributed by atoms with Crippen molar-refractivity contribution in [2.24, 2.45) is 5.92 Å². The summed E-state index contributed by atoms with van der Waals surface area (Å²) in [7, 11) is 1.57. The molecule has 1 aliphatic carbocycles. The first kappa shape index (κ1) is 20.9. The minimum absolute atomic E-state index is 0.000942. The first-order chi connectivity index (χ1) is 15.8. The van der Waals surface area contributed by atoms with E-state index in [4.69, 9.17) is 4.42 Å². The predicted octanol–water partition coefficient (Wildman–Crippen LogP) is 3.67. The number of halogens is 1. The zero-order chi connectivity index (χ0) is 23.5. The highest BCUT2D eigenvalue weighted by molar-refractivity contribution is 6.34. The van der Waals surface area contributed by atoms with Gasteiger partial charge in [-0.15, -0.1) is 0 Å². The van der Waals surface area contributed by atoms with Gasteiger partial charge in [0.15, 0.2) is 22.9 Å². The van der Waals surface area contributed by atoms with E-state index in [1.54, 1.807) is 31.3 Å². The van der Waals surface area contributed by atoms with Crippen molar-refractivity contribution in [2.45, 2.75) is 11.5 Å². The van der Waals surface area contributed by atoms with Gasteiger partial charge < -0.3 is 4.42 Å². The van der Waals surface area contributed by atoms with Crippen LogP contribution in [0.2, 0.25) is 0 Å². The van der Waals surface area contributed by atoms with E-state index >= 15 is 0 Å². The van der Waals surface area contributed by atoms with Gasteiger partial charge in [0.05, 0.1) is 12.0 Å². The van der Waals surface area contributed by atoms with Gasteiger partial charge in [0.25, 0.3) is 0 Å². The number of Topliss-reactive ketones (excluding diaryl/α,β-unsaturated/α-hetero) is 3. The molecule has 2 aromatic carbocycles. The summed E-state index contributed by atoms with van der Waals surface area (Å²) >= 11 is 0. The number of nitro groups is 1. The van der Waals surface area contributed by atoms with Crippen molar-refractivity contribution >= 4 is 23.2 Å². The van der Waals surface area contributed by atoms with Crippen molar-refractivity contribution in [3.63, 3.8) is 0 Å². The summed E-state index contributed by atoms with van der Waals surface area (Å²) in [6.45, 7) is 0.0286. The van der Waals surface area contributed by atoms with Crippen LogP contribution in [0.15, 0.2) is 65.1 Å². The van der Waals surface area contributed by atoms with E-state index in [1.807, 2.05) is 0 Å². The molecule has 0 amide bonds. The number of fused-ring (bicyclic) bond motifs is 1. The monoisotopic (exact) mass is 448 g/mol. The molecular weight excluding hydrogens is 431 g/mol. The van der Waals surface area contributed by atoms with Gasteiger partial charge in [0.2, 0.25) is 0 Å². The molecule has 3 aromatic rings. The molecule has 2 heterocycles. The molecule has 1 spiro atoms. The van der Waals surface area contributed by atoms with Gasteiger partial charge in [-0.3, -0.25) is 29.4 Å². The molecule has 1 aliphatic heterocycles. The number of hydrogen-bond donors (Lipinski definition) is 0. The van der Waals surface area contributed by atoms with Crippen molar-refractivity contribution in [3.05, 3.63) is 99.0 Å². The zero-order valence-corrected chi connectivity index (χ0v) is 17.4. The van der Waals surface area contributed by atoms with Crippen molar-refractivity contribution in [3.8, 4) is 0 Å². The lowest BCUT2D eigenvalue weighted by Gasteiger charge is -2.33. The molecule has 1 aromatic heterocycles. The number of carbonyl (C=O) groups is 3. The molecule has 1 saturated heterocycles. The summed E-state index contributed by atoms with van der Waals surface area (Å²) in [5, 5.41) is 11.2. The Morgan fingerprint density at radius 3 is 2.21 bits per heavy atom. The van der Waals surface area contributed by atoms with Gasteiger partial charge in [-0.05, 0) is 37.4 Å². The van der Waals surface area contributed by atoms with E-state index < -0.39 is 51.3 Å². The van der Waals surface area contributed by atoms with Crippen LogP contribution in [0, 0.1) is 21.8 Å². The van der Waals surface area contributed by atoms with E-state index in [0.29, 0.717) is 0 Å². The van der Waals surface area contributed by atoms with E-state index in [2.05, 4.69) is 0 Å². The third-order valence-electron chi connectivity index (χ3n) is 6.60. The Labute approximate surface area is 186 Å². The third-order valence-corrected chi connectivity index (χ3v) is 6.60. The lowest BCUT2D eigenvalue weighted by Crippen LogP contribution is -2.54. The number of likely N-dealkylation sites (N-methyl/N-ethyl adjacent to an activating group) is 1. The van der Waals surface area contributed by atoms with Crippen LogP contribution in [0.3, 0.4) is 0 Å². The summed E-state index contributed by atoms with van der Waals surface area (Å²) in [5.74, 6) is -4.50. The number of rotatable bonds is 4. The second-order valence-electron chi connectivity index (χ2n) is 8.24. The fourth-order valence-corrected chi connectivity index (χ4v) is 5.17. The van der Waals surface area contributed by atoms with E-state index in [1.165, 1.54) is 23.1 Å². The number of carbonyl (C=O) groups excluding carboxylic acids is 3. The number of benzene rings is 2. The van der Waals surface area contributed by atoms with Gasteiger partial charge in [-0.1, -0.05) is 24.3 Å². The van der Waals surface area contributed by atoms with Crippen molar-refractivity contribution in [1.82, 2.24) is 4.90 Å². The average molecular weight is 448 g/mol. The summed E-state index contributed by atoms with van der Waals surface area (Å²) in [6.07, 6.45) is 0. The molecular formula is C24H17FN2O6. The van der Waals surface area contributed by atoms with Gasteiger partial charge in [-0.2, -0.15) is 0 Å². The molecule has 0 unspecified atom stereocenters. The van der Waals surface area contributed by atoms with Gasteiger partial charge >= 0.3 is 5.88 Å². The largest absolute Gasteiger partial charge is 0.433 e. The fourth-order valence-electron chi connectivity index (χ4n) is 5.17. The van der Waals surface area contributed by atoms with Gasteiger partial charge in [0, 0.05) is 29.2 Å². The average Bonchev–Trinajstić information content (AvgIpc) is 3.46. The molecule has 8 nitrogen and oxygen atoms in total. The Morgan fingerprint density at radius 1 is 1.06 bits per heavy atom. The molecule has 0 bridgehead atoms. The summed E-state index contributed by atoms with van der Waals surface area (Å²) in [4.78, 5) is 53.0. The summed E-state index contributed by atoms with van der Waals surface area (Å²) in [6, 6.07) is 13.8. The van der Waals surface area contributed by atoms with Gasteiger partial charge in [0.1, 0.15) is 16.5 Å². The molecule has 166 valence electrons. The van der Waals surface area contributed by atoms with Crippen LogP contribution in [-0.2, 0) is 0 Å². The van der Waals surface area contributed by atoms with Crippen LogP contribution in [0.25, 0.3) is 0 Å². The maximum atomic E-state index is 13.7. The zero-order valence-electron chi connectivity index (χ0n) is 17.4. The Kier molecular flexibility index (Phi) is 4.61. The van der Waals surface area contributed by atoms with Crippen LogP contribution in [0.5, 0.6) is 0 Å². The van der Waals surface area contributed by atoms with E-state index in [9.17, 15) is 28.9 Å². The Bertz CT molecular complexity index is 1290. The second-order valence-corrected chi connectivity index (χ2v) is 8.24. The minimum Gasteiger partial charge on any atom is -0.405 e. The maximum Gasteiger partial charge on any atom is 0.433 e. The smallest absolute Gasteiger partial charge is 0.405 e. The SMILES string of the molecule is CN1C[C@H](C(=O)c2ccc(F)cc2)[C@@H](c2ccc([N+](=O)[O-])o2)C12C(=O)c1ccccc1C2=O. The normalized spacial score (nSPS) is 21.5. The molecule has 2 aliphatic rings. The van der Waals surface area contributed by atoms with Crippen LogP contribution in [-0.4, -0.2) is 46.3 Å². The second kappa shape index (κ2) is 7.28. The van der Waals surface area contributed by atoms with Crippen LogP contribution in [0.4, 0.5) is 10.3 Å². The molecule has 0 saturated carbocycles. The van der Waals surface area contributed by atoms with E-state index in [0.717, 1.165) is 18.2 Å². The third kappa shape index (κ3) is 2.82. The number of ketones is 3. The Balaban J connectivity index is 1.70. The van der Waals surface area contributed by atoms with Crippen molar-refractivity contribution in [2.75, 3.05) is 13.6 Å². The topological polar surface area (TPSA) is 111 Å². The molecule has 9 heteroatoms. The minimum atomic E-state index is -1.78. The molecule has 0 radical (unpaired) electrons. The Hall–Kier alpha value is -3.98. The number of likely N-dealkylation sites (tertiary alicyclic amines) is 1. The molecule has 5 rings (SSSR count). The molecule has 33 heavy (non-hydrogen) atoms. The van der Waals surface area contributed by atoms with Crippen LogP contribution in [0.1, 0.15) is 42.8 Å². The fraction of sp³-hybridized carbons (Fsp3) is 0.208. The Morgan fingerprint density at radius 2 is 1.67 bits per heavy atom. The highest BCUT2D eigenvalue weighted by Crippen LogP contribution is 2.53. The number of hydrogen-bond acceptors (Lipinski definition) is 7. The standard InChI is InChI=1S/C24H17FN2O6/c1-26-12-17(21(28)13-6-8-14(25)9-7-13)20(18-10-11-19(33-18)27(31)32)24(26)22(29)15-4-2-3-5-16(15)23(24)30/h2-11,17,20H,12H2,1H3/t17-,20-/m0/s1. The highest BCUT2D eigenvalue weighted by atomic mass is 19.1. The molecule has 2 atom stereocenters. The summed E-state index contributed by atoms with van der Waals surface area (Å²) < 4.78 is 18.9. The number of nitrogens with zero attached hydrogens (tertiary/aromatic N) is 2. The quantitative estimate of drug-likeness (QED) is 0.259. The molecule has 1 fully saturated rings. The summed E-state index contributed by atoms with van der Waals surface area (Å²) in [5.41, 5.74) is -1.12. The van der Waals surface area contributed by atoms with Crippen LogP contribution >= 0.6 is 0 Å². The molecule has 0 N–H and O–H groups in total. The lowest BCUT2D eigenvalue weighted by molar-refractivity contribution is -0.402. The van der Waals surface area contributed by atoms with Gasteiger partial charge in [-0.25, -0.2) is 4.39 Å². The van der Waals surface area contributed by atoms with Crippen molar-refractivity contribution < 1.29 is 28.1 Å². The predicted molar refractivity (Wildman–Crippen MR) is 113 cm³/mol. The number of furan rings is 1. The van der Waals surface area contributed by atoms with Crippen LogP contribution < -0.4 is 0 Å². The first-order valence-electron chi connectivity index (χ1n) is 10.2. The van der Waals surface area contributed by atoms with Crippen molar-refractivity contribution in [1.29, 1.82) is 0 Å². The highest BCUT2D eigenvalue weighted by Gasteiger charge is 2.68. The first-order valence-corrected chi connectivity index (χ1v) is 10.2. The van der Waals surface area contributed by atoms with E-state index in [-0.39, 0.29) is 29.0 Å².